The molecule has 0 aromatic heterocycles. The first-order valence-corrected chi connectivity index (χ1v) is 7.03. The standard InChI is InChI=1S/C16H27NO2/c1-12(2)13-6-8-15(9-7-13)19-11-14(18)10-17-16(3,4)5/h6-9,12,14,17-18H,10-11H2,1-5H3/p+1. The van der Waals surface area contributed by atoms with E-state index in [1.54, 1.807) is 0 Å². The van der Waals surface area contributed by atoms with Gasteiger partial charge in [-0.25, -0.2) is 0 Å². The molecule has 1 rings (SSSR count). The van der Waals surface area contributed by atoms with E-state index in [2.05, 4.69) is 52.1 Å². The Morgan fingerprint density at radius 3 is 2.21 bits per heavy atom. The summed E-state index contributed by atoms with van der Waals surface area (Å²) < 4.78 is 5.60. The maximum Gasteiger partial charge on any atom is 0.137 e. The van der Waals surface area contributed by atoms with Gasteiger partial charge in [0, 0.05) is 0 Å². The van der Waals surface area contributed by atoms with Gasteiger partial charge in [0.2, 0.25) is 0 Å². The van der Waals surface area contributed by atoms with Gasteiger partial charge in [0.05, 0.1) is 5.54 Å². The molecule has 1 aromatic carbocycles. The molecule has 0 bridgehead atoms. The van der Waals surface area contributed by atoms with Crippen LogP contribution in [-0.4, -0.2) is 29.9 Å². The van der Waals surface area contributed by atoms with Crippen LogP contribution >= 0.6 is 0 Å². The molecule has 0 saturated heterocycles. The van der Waals surface area contributed by atoms with E-state index in [4.69, 9.17) is 4.74 Å². The fraction of sp³-hybridized carbons (Fsp3) is 0.625. The minimum Gasteiger partial charge on any atom is -0.491 e. The summed E-state index contributed by atoms with van der Waals surface area (Å²) in [4.78, 5) is 0. The van der Waals surface area contributed by atoms with Crippen LogP contribution in [0.25, 0.3) is 0 Å². The van der Waals surface area contributed by atoms with Crippen molar-refractivity contribution < 1.29 is 15.2 Å². The van der Waals surface area contributed by atoms with Gasteiger partial charge in [-0.2, -0.15) is 0 Å². The average molecular weight is 266 g/mol. The molecule has 3 heteroatoms. The van der Waals surface area contributed by atoms with Crippen LogP contribution in [0.15, 0.2) is 24.3 Å². The van der Waals surface area contributed by atoms with Crippen LogP contribution in [0.3, 0.4) is 0 Å². The van der Waals surface area contributed by atoms with Gasteiger partial charge >= 0.3 is 0 Å². The summed E-state index contributed by atoms with van der Waals surface area (Å²) >= 11 is 0. The molecule has 0 heterocycles. The van der Waals surface area contributed by atoms with E-state index < -0.39 is 6.10 Å². The molecule has 0 aliphatic heterocycles. The fourth-order valence-corrected chi connectivity index (χ4v) is 1.70. The number of ether oxygens (including phenoxy) is 1. The highest BCUT2D eigenvalue weighted by Crippen LogP contribution is 2.18. The largest absolute Gasteiger partial charge is 0.491 e. The van der Waals surface area contributed by atoms with Crippen LogP contribution in [-0.2, 0) is 0 Å². The Morgan fingerprint density at radius 2 is 1.74 bits per heavy atom. The molecule has 0 radical (unpaired) electrons. The van der Waals surface area contributed by atoms with Crippen molar-refractivity contribution in [3.63, 3.8) is 0 Å². The van der Waals surface area contributed by atoms with Crippen LogP contribution in [0, 0.1) is 0 Å². The lowest BCUT2D eigenvalue weighted by atomic mass is 10.0. The number of hydrogen-bond donors (Lipinski definition) is 2. The van der Waals surface area contributed by atoms with Crippen LogP contribution in [0.5, 0.6) is 5.75 Å². The highest BCUT2D eigenvalue weighted by Gasteiger charge is 2.16. The zero-order valence-electron chi connectivity index (χ0n) is 12.8. The third-order valence-corrected chi connectivity index (χ3v) is 2.99. The molecule has 3 N–H and O–H groups in total. The van der Waals surface area contributed by atoms with Crippen molar-refractivity contribution in [3.05, 3.63) is 29.8 Å². The first kappa shape index (κ1) is 16.0. The molecule has 0 spiro atoms. The Morgan fingerprint density at radius 1 is 1.16 bits per heavy atom. The molecule has 19 heavy (non-hydrogen) atoms. The summed E-state index contributed by atoms with van der Waals surface area (Å²) in [5.41, 5.74) is 1.44. The number of benzene rings is 1. The van der Waals surface area contributed by atoms with Crippen molar-refractivity contribution >= 4 is 0 Å². The molecule has 1 atom stereocenters. The topological polar surface area (TPSA) is 46.1 Å². The van der Waals surface area contributed by atoms with Gasteiger partial charge in [0.25, 0.3) is 0 Å². The van der Waals surface area contributed by atoms with Crippen LogP contribution in [0.4, 0.5) is 0 Å². The Labute approximate surface area is 117 Å². The molecule has 0 amide bonds. The molecule has 0 saturated carbocycles. The zero-order chi connectivity index (χ0) is 14.5. The van der Waals surface area contributed by atoms with Crippen molar-refractivity contribution in [2.45, 2.75) is 52.2 Å². The smallest absolute Gasteiger partial charge is 0.137 e. The molecule has 0 aliphatic rings. The predicted molar refractivity (Wildman–Crippen MR) is 78.6 cm³/mol. The first-order chi connectivity index (χ1) is 8.78. The Hall–Kier alpha value is -1.06. The van der Waals surface area contributed by atoms with Gasteiger partial charge in [-0.05, 0) is 44.4 Å². The van der Waals surface area contributed by atoms with Gasteiger partial charge < -0.3 is 15.2 Å². The molecule has 0 aliphatic carbocycles. The van der Waals surface area contributed by atoms with E-state index in [0.717, 1.165) is 5.75 Å². The summed E-state index contributed by atoms with van der Waals surface area (Å²) in [5, 5.41) is 12.0. The van der Waals surface area contributed by atoms with E-state index in [1.807, 2.05) is 12.1 Å². The van der Waals surface area contributed by atoms with Crippen molar-refractivity contribution in [1.82, 2.24) is 0 Å². The van der Waals surface area contributed by atoms with Crippen molar-refractivity contribution in [3.8, 4) is 5.75 Å². The normalized spacial score (nSPS) is 13.6. The van der Waals surface area contributed by atoms with Gasteiger partial charge in [-0.15, -0.1) is 0 Å². The van der Waals surface area contributed by atoms with Crippen molar-refractivity contribution in [1.29, 1.82) is 0 Å². The van der Waals surface area contributed by atoms with Crippen LogP contribution < -0.4 is 10.1 Å². The summed E-state index contributed by atoms with van der Waals surface area (Å²) in [6.45, 7) is 11.7. The fourth-order valence-electron chi connectivity index (χ4n) is 1.70. The first-order valence-electron chi connectivity index (χ1n) is 7.03. The number of aliphatic hydroxyl groups is 1. The lowest BCUT2D eigenvalue weighted by molar-refractivity contribution is -0.722. The predicted octanol–water partition coefficient (Wildman–Crippen LogP) is 1.91. The number of aliphatic hydroxyl groups excluding tert-OH is 1. The molecular weight excluding hydrogens is 238 g/mol. The average Bonchev–Trinajstić information content (AvgIpc) is 2.33. The van der Waals surface area contributed by atoms with Gasteiger partial charge in [-0.1, -0.05) is 26.0 Å². The lowest BCUT2D eigenvalue weighted by Crippen LogP contribution is -2.96. The van der Waals surface area contributed by atoms with E-state index in [0.29, 0.717) is 19.1 Å². The second-order valence-corrected chi connectivity index (χ2v) is 6.49. The van der Waals surface area contributed by atoms with Crippen molar-refractivity contribution in [2.24, 2.45) is 0 Å². The second kappa shape index (κ2) is 6.92. The molecule has 3 nitrogen and oxygen atoms in total. The third kappa shape index (κ3) is 6.60. The van der Waals surface area contributed by atoms with Gasteiger partial charge in [0.1, 0.15) is 25.0 Å². The minimum absolute atomic E-state index is 0.139. The maximum absolute atomic E-state index is 9.86. The molecule has 1 aromatic rings. The third-order valence-electron chi connectivity index (χ3n) is 2.99. The summed E-state index contributed by atoms with van der Waals surface area (Å²) in [6.07, 6.45) is -0.441. The molecule has 108 valence electrons. The summed E-state index contributed by atoms with van der Waals surface area (Å²) in [5.74, 6) is 1.35. The monoisotopic (exact) mass is 266 g/mol. The number of nitrogens with two attached hydrogens (primary N) is 1. The highest BCUT2D eigenvalue weighted by molar-refractivity contribution is 5.28. The van der Waals surface area contributed by atoms with Crippen LogP contribution in [0.1, 0.15) is 46.1 Å². The van der Waals surface area contributed by atoms with Gasteiger partial charge in [0.15, 0.2) is 0 Å². The van der Waals surface area contributed by atoms with Crippen molar-refractivity contribution in [2.75, 3.05) is 13.2 Å². The minimum atomic E-state index is -0.441. The summed E-state index contributed by atoms with van der Waals surface area (Å²) in [7, 11) is 0. The maximum atomic E-state index is 9.86. The Balaban J connectivity index is 2.35. The van der Waals surface area contributed by atoms with E-state index in [9.17, 15) is 5.11 Å². The van der Waals surface area contributed by atoms with E-state index >= 15 is 0 Å². The van der Waals surface area contributed by atoms with E-state index in [-0.39, 0.29) is 5.54 Å². The Bertz CT molecular complexity index is 365. The Kier molecular flexibility index (Phi) is 5.83. The molecular formula is C16H28NO2+. The summed E-state index contributed by atoms with van der Waals surface area (Å²) in [6, 6.07) is 8.09. The lowest BCUT2D eigenvalue weighted by Gasteiger charge is -2.19. The molecule has 0 fully saturated rings. The SMILES string of the molecule is CC(C)c1ccc(OCC(O)C[NH2+]C(C)(C)C)cc1. The van der Waals surface area contributed by atoms with E-state index in [1.165, 1.54) is 5.56 Å². The van der Waals surface area contributed by atoms with Crippen LogP contribution in [0.2, 0.25) is 0 Å². The quantitative estimate of drug-likeness (QED) is 0.826. The molecule has 1 unspecified atom stereocenters. The number of hydrogen-bond acceptors (Lipinski definition) is 2. The number of rotatable bonds is 6. The van der Waals surface area contributed by atoms with Gasteiger partial charge in [-0.3, -0.25) is 0 Å². The number of quaternary nitrogens is 1. The highest BCUT2D eigenvalue weighted by atomic mass is 16.5. The second-order valence-electron chi connectivity index (χ2n) is 6.49. The zero-order valence-corrected chi connectivity index (χ0v) is 12.8.